The molecule has 0 aliphatic heterocycles. The third-order valence-corrected chi connectivity index (χ3v) is 3.35. The van der Waals surface area contributed by atoms with Crippen LogP contribution in [0.2, 0.25) is 0 Å². The van der Waals surface area contributed by atoms with Gasteiger partial charge in [-0.2, -0.15) is 5.10 Å². The fourth-order valence-corrected chi connectivity index (χ4v) is 2.46. The first-order valence-electron chi connectivity index (χ1n) is 5.61. The van der Waals surface area contributed by atoms with Crippen molar-refractivity contribution in [2.24, 2.45) is 7.05 Å². The summed E-state index contributed by atoms with van der Waals surface area (Å²) in [6.45, 7) is 0. The zero-order valence-corrected chi connectivity index (χ0v) is 8.66. The maximum atomic E-state index is 4.35. The second-order valence-corrected chi connectivity index (χ2v) is 4.56. The molecular formula is C11H17N3. The molecule has 3 heteroatoms. The summed E-state index contributed by atoms with van der Waals surface area (Å²) in [5.41, 5.74) is 2.89. The highest BCUT2D eigenvalue weighted by Gasteiger charge is 2.29. The average Bonchev–Trinajstić information content (AvgIpc) is 2.91. The molecule has 1 unspecified atom stereocenters. The maximum Gasteiger partial charge on any atom is 0.0582 e. The zero-order chi connectivity index (χ0) is 9.54. The van der Waals surface area contributed by atoms with Gasteiger partial charge < -0.3 is 5.32 Å². The first-order chi connectivity index (χ1) is 6.84. The van der Waals surface area contributed by atoms with Gasteiger partial charge in [0, 0.05) is 19.1 Å². The van der Waals surface area contributed by atoms with Crippen LogP contribution in [-0.2, 0) is 13.5 Å². The lowest BCUT2D eigenvalue weighted by atomic mass is 9.93. The second kappa shape index (κ2) is 3.09. The molecule has 2 aliphatic rings. The van der Waals surface area contributed by atoms with Gasteiger partial charge >= 0.3 is 0 Å². The van der Waals surface area contributed by atoms with Crippen molar-refractivity contribution in [3.05, 3.63) is 17.5 Å². The SMILES string of the molecule is Cn1ncc2c1C(NC1CC1)CCC2. The van der Waals surface area contributed by atoms with Gasteiger partial charge in [0.25, 0.3) is 0 Å². The van der Waals surface area contributed by atoms with Gasteiger partial charge in [0.2, 0.25) is 0 Å². The zero-order valence-electron chi connectivity index (χ0n) is 8.66. The molecule has 14 heavy (non-hydrogen) atoms. The first-order valence-corrected chi connectivity index (χ1v) is 5.61. The molecule has 0 saturated heterocycles. The Morgan fingerprint density at radius 2 is 2.29 bits per heavy atom. The fraction of sp³-hybridized carbons (Fsp3) is 0.727. The molecule has 1 saturated carbocycles. The van der Waals surface area contributed by atoms with E-state index in [1.165, 1.54) is 43.4 Å². The van der Waals surface area contributed by atoms with Crippen LogP contribution < -0.4 is 5.32 Å². The standard InChI is InChI=1S/C11H17N3/c1-14-11-8(7-12-14)3-2-4-10(11)13-9-5-6-9/h7,9-10,13H,2-6H2,1H3. The van der Waals surface area contributed by atoms with Crippen LogP contribution in [-0.4, -0.2) is 15.8 Å². The van der Waals surface area contributed by atoms with E-state index in [1.54, 1.807) is 0 Å². The van der Waals surface area contributed by atoms with Crippen LogP contribution in [0.15, 0.2) is 6.20 Å². The van der Waals surface area contributed by atoms with Crippen molar-refractivity contribution in [3.8, 4) is 0 Å². The van der Waals surface area contributed by atoms with Crippen molar-refractivity contribution < 1.29 is 0 Å². The molecule has 1 atom stereocenters. The molecule has 0 radical (unpaired) electrons. The fourth-order valence-electron chi connectivity index (χ4n) is 2.46. The van der Waals surface area contributed by atoms with Crippen molar-refractivity contribution in [1.29, 1.82) is 0 Å². The summed E-state index contributed by atoms with van der Waals surface area (Å²) in [5, 5.41) is 8.07. The Bertz CT molecular complexity index is 338. The van der Waals surface area contributed by atoms with Crippen molar-refractivity contribution in [2.45, 2.75) is 44.2 Å². The Morgan fingerprint density at radius 3 is 3.07 bits per heavy atom. The van der Waals surface area contributed by atoms with E-state index in [0.717, 1.165) is 6.04 Å². The summed E-state index contributed by atoms with van der Waals surface area (Å²) >= 11 is 0. The molecule has 1 fully saturated rings. The Hall–Kier alpha value is -0.830. The van der Waals surface area contributed by atoms with Crippen molar-refractivity contribution in [1.82, 2.24) is 15.1 Å². The molecule has 0 bridgehead atoms. The van der Waals surface area contributed by atoms with E-state index < -0.39 is 0 Å². The van der Waals surface area contributed by atoms with Crippen molar-refractivity contribution >= 4 is 0 Å². The van der Waals surface area contributed by atoms with Crippen LogP contribution in [0.3, 0.4) is 0 Å². The minimum Gasteiger partial charge on any atom is -0.306 e. The number of hydrogen-bond acceptors (Lipinski definition) is 2. The lowest BCUT2D eigenvalue weighted by molar-refractivity contribution is 0.431. The average molecular weight is 191 g/mol. The lowest BCUT2D eigenvalue weighted by Gasteiger charge is -2.24. The summed E-state index contributed by atoms with van der Waals surface area (Å²) in [6, 6.07) is 1.36. The molecule has 0 aromatic carbocycles. The van der Waals surface area contributed by atoms with Crippen LogP contribution in [0.25, 0.3) is 0 Å². The molecule has 1 aromatic rings. The Balaban J connectivity index is 1.88. The van der Waals surface area contributed by atoms with Crippen LogP contribution in [0, 0.1) is 0 Å². The number of fused-ring (bicyclic) bond motifs is 1. The molecule has 3 rings (SSSR count). The Morgan fingerprint density at radius 1 is 1.43 bits per heavy atom. The van der Waals surface area contributed by atoms with E-state index in [0.29, 0.717) is 6.04 Å². The van der Waals surface area contributed by atoms with Crippen LogP contribution in [0.4, 0.5) is 0 Å². The van der Waals surface area contributed by atoms with Gasteiger partial charge in [0.1, 0.15) is 0 Å². The number of aryl methyl sites for hydroxylation is 2. The summed E-state index contributed by atoms with van der Waals surface area (Å²) < 4.78 is 2.05. The van der Waals surface area contributed by atoms with Gasteiger partial charge in [-0.1, -0.05) is 0 Å². The topological polar surface area (TPSA) is 29.9 Å². The van der Waals surface area contributed by atoms with Gasteiger partial charge in [-0.15, -0.1) is 0 Å². The third-order valence-electron chi connectivity index (χ3n) is 3.35. The molecule has 1 heterocycles. The van der Waals surface area contributed by atoms with Gasteiger partial charge in [-0.25, -0.2) is 0 Å². The molecule has 0 spiro atoms. The minimum absolute atomic E-state index is 0.568. The van der Waals surface area contributed by atoms with Crippen LogP contribution >= 0.6 is 0 Å². The van der Waals surface area contributed by atoms with Gasteiger partial charge in [0.05, 0.1) is 11.9 Å². The van der Waals surface area contributed by atoms with Crippen molar-refractivity contribution in [2.75, 3.05) is 0 Å². The Labute approximate surface area is 84.5 Å². The van der Waals surface area contributed by atoms with E-state index in [1.807, 2.05) is 6.20 Å². The highest BCUT2D eigenvalue weighted by atomic mass is 15.3. The highest BCUT2D eigenvalue weighted by molar-refractivity contribution is 5.24. The summed E-state index contributed by atoms with van der Waals surface area (Å²) in [7, 11) is 2.06. The summed E-state index contributed by atoms with van der Waals surface area (Å²) in [5.74, 6) is 0. The largest absolute Gasteiger partial charge is 0.306 e. The van der Waals surface area contributed by atoms with E-state index in [4.69, 9.17) is 0 Å². The molecule has 2 aliphatic carbocycles. The predicted octanol–water partition coefficient (Wildman–Crippen LogP) is 1.55. The maximum absolute atomic E-state index is 4.35. The quantitative estimate of drug-likeness (QED) is 0.768. The molecular weight excluding hydrogens is 174 g/mol. The molecule has 0 amide bonds. The number of aromatic nitrogens is 2. The summed E-state index contributed by atoms with van der Waals surface area (Å²) in [4.78, 5) is 0. The molecule has 3 nitrogen and oxygen atoms in total. The third kappa shape index (κ3) is 1.36. The normalized spacial score (nSPS) is 26.2. The smallest absolute Gasteiger partial charge is 0.0582 e. The molecule has 76 valence electrons. The molecule has 1 aromatic heterocycles. The van der Waals surface area contributed by atoms with Gasteiger partial charge in [-0.3, -0.25) is 4.68 Å². The lowest BCUT2D eigenvalue weighted by Crippen LogP contribution is -2.28. The summed E-state index contributed by atoms with van der Waals surface area (Å²) in [6.07, 6.45) is 8.57. The monoisotopic (exact) mass is 191 g/mol. The van der Waals surface area contributed by atoms with E-state index in [2.05, 4.69) is 22.1 Å². The highest BCUT2D eigenvalue weighted by Crippen LogP contribution is 2.32. The Kier molecular flexibility index (Phi) is 1.87. The number of nitrogens with one attached hydrogen (secondary N) is 1. The van der Waals surface area contributed by atoms with Gasteiger partial charge in [0.15, 0.2) is 0 Å². The van der Waals surface area contributed by atoms with Gasteiger partial charge in [-0.05, 0) is 37.7 Å². The molecule has 1 N–H and O–H groups in total. The number of rotatable bonds is 2. The van der Waals surface area contributed by atoms with Crippen molar-refractivity contribution in [3.63, 3.8) is 0 Å². The van der Waals surface area contributed by atoms with Crippen LogP contribution in [0.5, 0.6) is 0 Å². The second-order valence-electron chi connectivity index (χ2n) is 4.56. The minimum atomic E-state index is 0.568. The predicted molar refractivity (Wildman–Crippen MR) is 55.0 cm³/mol. The van der Waals surface area contributed by atoms with Crippen LogP contribution in [0.1, 0.15) is 43.0 Å². The van der Waals surface area contributed by atoms with E-state index in [9.17, 15) is 0 Å². The van der Waals surface area contributed by atoms with E-state index >= 15 is 0 Å². The number of hydrogen-bond donors (Lipinski definition) is 1. The van der Waals surface area contributed by atoms with E-state index in [-0.39, 0.29) is 0 Å². The first kappa shape index (κ1) is 8.48. The number of nitrogens with zero attached hydrogens (tertiary/aromatic N) is 2.